The molecule has 3 nitrogen and oxygen atoms in total. The lowest BCUT2D eigenvalue weighted by Gasteiger charge is -2.22. The molecule has 1 aliphatic heterocycles. The number of hydrogen-bond acceptors (Lipinski definition) is 3. The highest BCUT2D eigenvalue weighted by atomic mass is 79.9. The van der Waals surface area contributed by atoms with E-state index >= 15 is 0 Å². The third-order valence-corrected chi connectivity index (χ3v) is 5.72. The normalized spacial score (nSPS) is 27.2. The molecule has 1 fully saturated rings. The minimum Gasteiger partial charge on any atom is -0.324 e. The first-order valence-corrected chi connectivity index (χ1v) is 7.85. The Morgan fingerprint density at radius 1 is 1.47 bits per heavy atom. The molecule has 1 aromatic carbocycles. The van der Waals surface area contributed by atoms with Crippen LogP contribution in [0.15, 0.2) is 22.7 Å². The number of rotatable bonds is 2. The van der Waals surface area contributed by atoms with Crippen LogP contribution >= 0.6 is 15.9 Å². The summed E-state index contributed by atoms with van der Waals surface area (Å²) < 4.78 is 36.5. The van der Waals surface area contributed by atoms with E-state index in [1.165, 1.54) is 6.07 Å². The summed E-state index contributed by atoms with van der Waals surface area (Å²) in [6.45, 7) is 0. The largest absolute Gasteiger partial charge is 0.324 e. The summed E-state index contributed by atoms with van der Waals surface area (Å²) in [4.78, 5) is 0. The Hall–Kier alpha value is -0.460. The van der Waals surface area contributed by atoms with Gasteiger partial charge in [0, 0.05) is 5.54 Å². The molecule has 1 heterocycles. The van der Waals surface area contributed by atoms with Crippen LogP contribution in [0.1, 0.15) is 12.0 Å². The van der Waals surface area contributed by atoms with Gasteiger partial charge in [-0.3, -0.25) is 0 Å². The second kappa shape index (κ2) is 4.33. The minimum absolute atomic E-state index is 0.0248. The second-order valence-corrected chi connectivity index (χ2v) is 7.57. The molecular formula is C11H13BrFNO2S. The lowest BCUT2D eigenvalue weighted by atomic mass is 9.91. The van der Waals surface area contributed by atoms with Crippen LogP contribution in [0.5, 0.6) is 0 Å². The maximum Gasteiger partial charge on any atom is 0.152 e. The van der Waals surface area contributed by atoms with Gasteiger partial charge < -0.3 is 5.73 Å². The Morgan fingerprint density at radius 3 is 2.76 bits per heavy atom. The van der Waals surface area contributed by atoms with Gasteiger partial charge in [-0.2, -0.15) is 0 Å². The Balaban J connectivity index is 2.25. The Labute approximate surface area is 108 Å². The minimum atomic E-state index is -3.03. The van der Waals surface area contributed by atoms with E-state index in [1.54, 1.807) is 12.1 Å². The summed E-state index contributed by atoms with van der Waals surface area (Å²) in [6.07, 6.45) is 0.795. The maximum atomic E-state index is 13.3. The van der Waals surface area contributed by atoms with Crippen molar-refractivity contribution < 1.29 is 12.8 Å². The smallest absolute Gasteiger partial charge is 0.152 e. The van der Waals surface area contributed by atoms with Gasteiger partial charge in [0.15, 0.2) is 9.84 Å². The summed E-state index contributed by atoms with van der Waals surface area (Å²) in [6, 6.07) is 4.71. The van der Waals surface area contributed by atoms with Gasteiger partial charge in [0.25, 0.3) is 0 Å². The van der Waals surface area contributed by atoms with Gasteiger partial charge in [-0.25, -0.2) is 12.8 Å². The van der Waals surface area contributed by atoms with Gasteiger partial charge in [-0.05, 0) is 40.4 Å². The third-order valence-electron chi connectivity index (χ3n) is 2.99. The highest BCUT2D eigenvalue weighted by Gasteiger charge is 2.39. The van der Waals surface area contributed by atoms with Gasteiger partial charge >= 0.3 is 0 Å². The van der Waals surface area contributed by atoms with Gasteiger partial charge in [-0.1, -0.05) is 12.1 Å². The molecule has 0 aromatic heterocycles. The van der Waals surface area contributed by atoms with E-state index in [0.717, 1.165) is 0 Å². The summed E-state index contributed by atoms with van der Waals surface area (Å²) in [5, 5.41) is 0. The van der Waals surface area contributed by atoms with Crippen LogP contribution in [0.4, 0.5) is 4.39 Å². The van der Waals surface area contributed by atoms with Crippen LogP contribution in [0.25, 0.3) is 0 Å². The lowest BCUT2D eigenvalue weighted by molar-refractivity contribution is 0.474. The summed E-state index contributed by atoms with van der Waals surface area (Å²) >= 11 is 3.16. The quantitative estimate of drug-likeness (QED) is 0.901. The summed E-state index contributed by atoms with van der Waals surface area (Å²) in [5.41, 5.74) is 6.01. The van der Waals surface area contributed by atoms with E-state index < -0.39 is 15.4 Å². The van der Waals surface area contributed by atoms with Crippen molar-refractivity contribution in [2.24, 2.45) is 5.73 Å². The van der Waals surface area contributed by atoms with E-state index in [9.17, 15) is 12.8 Å². The zero-order chi connectivity index (χ0) is 12.7. The van der Waals surface area contributed by atoms with Crippen LogP contribution in [0.2, 0.25) is 0 Å². The fourth-order valence-corrected chi connectivity index (χ4v) is 4.53. The molecule has 0 radical (unpaired) electrons. The molecule has 2 N–H and O–H groups in total. The molecule has 0 saturated carbocycles. The lowest BCUT2D eigenvalue weighted by Crippen LogP contribution is -2.43. The van der Waals surface area contributed by atoms with Crippen molar-refractivity contribution >= 4 is 25.8 Å². The first-order valence-electron chi connectivity index (χ1n) is 5.24. The van der Waals surface area contributed by atoms with Crippen LogP contribution in [0.3, 0.4) is 0 Å². The van der Waals surface area contributed by atoms with Gasteiger partial charge in [0.1, 0.15) is 5.82 Å². The van der Waals surface area contributed by atoms with Crippen molar-refractivity contribution in [3.63, 3.8) is 0 Å². The van der Waals surface area contributed by atoms with Gasteiger partial charge in [0.2, 0.25) is 0 Å². The highest BCUT2D eigenvalue weighted by molar-refractivity contribution is 9.10. The number of benzene rings is 1. The topological polar surface area (TPSA) is 60.2 Å². The fraction of sp³-hybridized carbons (Fsp3) is 0.455. The van der Waals surface area contributed by atoms with E-state index in [4.69, 9.17) is 5.73 Å². The molecule has 1 atom stereocenters. The molecule has 1 aromatic rings. The van der Waals surface area contributed by atoms with Crippen molar-refractivity contribution in [3.05, 3.63) is 34.1 Å². The number of nitrogens with two attached hydrogens (primary N) is 1. The number of sulfone groups is 1. The Kier molecular flexibility index (Phi) is 3.31. The molecule has 2 rings (SSSR count). The molecule has 17 heavy (non-hydrogen) atoms. The zero-order valence-corrected chi connectivity index (χ0v) is 11.5. The van der Waals surface area contributed by atoms with E-state index in [2.05, 4.69) is 15.9 Å². The molecule has 0 bridgehead atoms. The molecule has 1 aliphatic rings. The van der Waals surface area contributed by atoms with Crippen LogP contribution in [-0.4, -0.2) is 25.5 Å². The van der Waals surface area contributed by atoms with Crippen molar-refractivity contribution in [2.45, 2.75) is 18.4 Å². The van der Waals surface area contributed by atoms with E-state index in [0.29, 0.717) is 22.9 Å². The Bertz CT molecular complexity index is 546. The van der Waals surface area contributed by atoms with E-state index in [-0.39, 0.29) is 17.3 Å². The summed E-state index contributed by atoms with van der Waals surface area (Å²) in [7, 11) is -3.03. The van der Waals surface area contributed by atoms with Crippen LogP contribution in [0, 0.1) is 5.82 Å². The number of hydrogen-bond donors (Lipinski definition) is 1. The van der Waals surface area contributed by atoms with Crippen molar-refractivity contribution in [3.8, 4) is 0 Å². The highest BCUT2D eigenvalue weighted by Crippen LogP contribution is 2.29. The molecule has 0 aliphatic carbocycles. The fourth-order valence-electron chi connectivity index (χ4n) is 2.14. The molecule has 94 valence electrons. The number of halogens is 2. The third kappa shape index (κ3) is 2.86. The van der Waals surface area contributed by atoms with Crippen LogP contribution in [-0.2, 0) is 16.3 Å². The van der Waals surface area contributed by atoms with Crippen LogP contribution < -0.4 is 5.73 Å². The molecule has 1 saturated heterocycles. The molecular weight excluding hydrogens is 309 g/mol. The van der Waals surface area contributed by atoms with Crippen molar-refractivity contribution in [1.29, 1.82) is 0 Å². The summed E-state index contributed by atoms with van der Waals surface area (Å²) in [5.74, 6) is -0.258. The standard InChI is InChI=1S/C11H13BrFNO2S/c12-10-8(2-1-3-9(10)13)6-11(14)4-5-17(15,16)7-11/h1-3H,4-7,14H2. The average molecular weight is 322 g/mol. The second-order valence-electron chi connectivity index (χ2n) is 4.59. The average Bonchev–Trinajstić information content (AvgIpc) is 2.49. The predicted octanol–water partition coefficient (Wildman–Crippen LogP) is 1.65. The van der Waals surface area contributed by atoms with Crippen molar-refractivity contribution in [2.75, 3.05) is 11.5 Å². The SMILES string of the molecule is NC1(Cc2cccc(F)c2Br)CCS(=O)(=O)C1. The van der Waals surface area contributed by atoms with Gasteiger partial charge in [-0.15, -0.1) is 0 Å². The predicted molar refractivity (Wildman–Crippen MR) is 68.0 cm³/mol. The molecule has 0 amide bonds. The van der Waals surface area contributed by atoms with Gasteiger partial charge in [0.05, 0.1) is 16.0 Å². The zero-order valence-electron chi connectivity index (χ0n) is 9.12. The monoisotopic (exact) mass is 321 g/mol. The molecule has 1 unspecified atom stereocenters. The van der Waals surface area contributed by atoms with Crippen molar-refractivity contribution in [1.82, 2.24) is 0 Å². The first kappa shape index (κ1) is 13.0. The Morgan fingerprint density at radius 2 is 2.18 bits per heavy atom. The van der Waals surface area contributed by atoms with E-state index in [1.807, 2.05) is 0 Å². The molecule has 6 heteroatoms. The molecule has 0 spiro atoms. The maximum absolute atomic E-state index is 13.3. The first-order chi connectivity index (χ1) is 7.81.